The van der Waals surface area contributed by atoms with Gasteiger partial charge < -0.3 is 5.73 Å². The molecule has 0 aromatic carbocycles. The van der Waals surface area contributed by atoms with E-state index in [0.29, 0.717) is 11.7 Å². The van der Waals surface area contributed by atoms with E-state index in [9.17, 15) is 0 Å². The highest BCUT2D eigenvalue weighted by Gasteiger charge is 2.02. The first-order valence-electron chi connectivity index (χ1n) is 3.83. The number of aromatic nitrogens is 1. The van der Waals surface area contributed by atoms with Crippen LogP contribution in [-0.4, -0.2) is 4.98 Å². The van der Waals surface area contributed by atoms with Crippen molar-refractivity contribution in [3.63, 3.8) is 0 Å². The number of aryl methyl sites for hydroxylation is 1. The molecule has 1 aromatic heterocycles. The fourth-order valence-corrected chi connectivity index (χ4v) is 1.19. The molecule has 0 amide bonds. The summed E-state index contributed by atoms with van der Waals surface area (Å²) in [6.07, 6.45) is 1.86. The van der Waals surface area contributed by atoms with Crippen LogP contribution in [0.15, 0.2) is 12.3 Å². The average molecular weight is 150 g/mol. The lowest BCUT2D eigenvalue weighted by Crippen LogP contribution is -1.96. The summed E-state index contributed by atoms with van der Waals surface area (Å²) in [7, 11) is 0. The molecule has 0 unspecified atom stereocenters. The van der Waals surface area contributed by atoms with Crippen LogP contribution in [0.5, 0.6) is 0 Å². The first-order chi connectivity index (χ1) is 5.11. The van der Waals surface area contributed by atoms with E-state index in [1.165, 1.54) is 11.1 Å². The Morgan fingerprint density at radius 3 is 2.55 bits per heavy atom. The lowest BCUT2D eigenvalue weighted by Gasteiger charge is -2.08. The Morgan fingerprint density at radius 2 is 2.09 bits per heavy atom. The highest BCUT2D eigenvalue weighted by atomic mass is 14.8. The minimum Gasteiger partial charge on any atom is -0.384 e. The first kappa shape index (κ1) is 8.05. The summed E-state index contributed by atoms with van der Waals surface area (Å²) in [4.78, 5) is 4.04. The Kier molecular flexibility index (Phi) is 2.13. The van der Waals surface area contributed by atoms with Crippen molar-refractivity contribution in [1.82, 2.24) is 4.98 Å². The zero-order valence-electron chi connectivity index (χ0n) is 7.26. The number of rotatable bonds is 1. The summed E-state index contributed by atoms with van der Waals surface area (Å²) >= 11 is 0. The van der Waals surface area contributed by atoms with E-state index < -0.39 is 0 Å². The van der Waals surface area contributed by atoms with E-state index >= 15 is 0 Å². The topological polar surface area (TPSA) is 38.9 Å². The van der Waals surface area contributed by atoms with Gasteiger partial charge in [-0.1, -0.05) is 13.8 Å². The molecule has 2 nitrogen and oxygen atoms in total. The molecule has 0 aliphatic carbocycles. The third-order valence-corrected chi connectivity index (χ3v) is 1.79. The number of hydrogen-bond donors (Lipinski definition) is 1. The molecule has 2 heteroatoms. The van der Waals surface area contributed by atoms with Crippen molar-refractivity contribution < 1.29 is 0 Å². The zero-order chi connectivity index (χ0) is 8.43. The molecule has 0 bridgehead atoms. The van der Waals surface area contributed by atoms with Crippen LogP contribution in [0.25, 0.3) is 0 Å². The van der Waals surface area contributed by atoms with E-state index in [2.05, 4.69) is 25.8 Å². The fourth-order valence-electron chi connectivity index (χ4n) is 1.19. The summed E-state index contributed by atoms with van der Waals surface area (Å²) in [5, 5.41) is 0. The van der Waals surface area contributed by atoms with Gasteiger partial charge in [0, 0.05) is 6.20 Å². The van der Waals surface area contributed by atoms with Crippen LogP contribution in [0.2, 0.25) is 0 Å². The van der Waals surface area contributed by atoms with Crippen molar-refractivity contribution >= 4 is 5.82 Å². The smallest absolute Gasteiger partial charge is 0.123 e. The molecule has 1 rings (SSSR count). The second-order valence-corrected chi connectivity index (χ2v) is 3.12. The lowest BCUT2D eigenvalue weighted by molar-refractivity contribution is 0.848. The Labute approximate surface area is 67.5 Å². The van der Waals surface area contributed by atoms with Crippen LogP contribution in [0, 0.1) is 6.92 Å². The molecule has 0 saturated carbocycles. The summed E-state index contributed by atoms with van der Waals surface area (Å²) in [5.41, 5.74) is 8.02. The molecule has 11 heavy (non-hydrogen) atoms. The van der Waals surface area contributed by atoms with Crippen molar-refractivity contribution in [3.8, 4) is 0 Å². The number of anilines is 1. The second-order valence-electron chi connectivity index (χ2n) is 3.12. The van der Waals surface area contributed by atoms with Crippen molar-refractivity contribution in [2.24, 2.45) is 0 Å². The van der Waals surface area contributed by atoms with Gasteiger partial charge in [0.15, 0.2) is 0 Å². The van der Waals surface area contributed by atoms with Gasteiger partial charge in [0.25, 0.3) is 0 Å². The Hall–Kier alpha value is -1.05. The van der Waals surface area contributed by atoms with Gasteiger partial charge in [0.1, 0.15) is 5.82 Å². The molecule has 0 aliphatic rings. The van der Waals surface area contributed by atoms with Gasteiger partial charge in [-0.3, -0.25) is 0 Å². The van der Waals surface area contributed by atoms with Crippen LogP contribution in [-0.2, 0) is 0 Å². The Bertz CT molecular complexity index is 254. The molecule has 0 aliphatic heterocycles. The standard InChI is InChI=1S/C9H14N2/c1-6(2)8-5-11-9(10)4-7(8)3/h4-6H,1-3H3,(H2,10,11). The molecule has 0 saturated heterocycles. The van der Waals surface area contributed by atoms with Crippen molar-refractivity contribution in [2.75, 3.05) is 5.73 Å². The van der Waals surface area contributed by atoms with Gasteiger partial charge in [-0.15, -0.1) is 0 Å². The Balaban J connectivity index is 3.09. The lowest BCUT2D eigenvalue weighted by atomic mass is 10.0. The van der Waals surface area contributed by atoms with Crippen LogP contribution < -0.4 is 5.73 Å². The van der Waals surface area contributed by atoms with Crippen LogP contribution >= 0.6 is 0 Å². The van der Waals surface area contributed by atoms with E-state index in [1.807, 2.05) is 12.3 Å². The van der Waals surface area contributed by atoms with Crippen molar-refractivity contribution in [2.45, 2.75) is 26.7 Å². The van der Waals surface area contributed by atoms with Crippen LogP contribution in [0.1, 0.15) is 30.9 Å². The van der Waals surface area contributed by atoms with Gasteiger partial charge in [-0.2, -0.15) is 0 Å². The number of nitrogen functional groups attached to an aromatic ring is 1. The average Bonchev–Trinajstić information content (AvgIpc) is 1.85. The molecule has 0 spiro atoms. The summed E-state index contributed by atoms with van der Waals surface area (Å²) in [6, 6.07) is 1.91. The summed E-state index contributed by atoms with van der Waals surface area (Å²) in [6.45, 7) is 6.37. The highest BCUT2D eigenvalue weighted by Crippen LogP contribution is 2.18. The normalized spacial score (nSPS) is 10.5. The number of pyridine rings is 1. The first-order valence-corrected chi connectivity index (χ1v) is 3.83. The van der Waals surface area contributed by atoms with Crippen molar-refractivity contribution in [3.05, 3.63) is 23.4 Å². The molecule has 0 radical (unpaired) electrons. The van der Waals surface area contributed by atoms with Gasteiger partial charge in [-0.25, -0.2) is 4.98 Å². The minimum absolute atomic E-state index is 0.531. The molecular weight excluding hydrogens is 136 g/mol. The monoisotopic (exact) mass is 150 g/mol. The van der Waals surface area contributed by atoms with E-state index in [1.54, 1.807) is 0 Å². The molecule has 0 atom stereocenters. The van der Waals surface area contributed by atoms with Gasteiger partial charge in [0.2, 0.25) is 0 Å². The maximum Gasteiger partial charge on any atom is 0.123 e. The second kappa shape index (κ2) is 2.91. The van der Waals surface area contributed by atoms with Crippen molar-refractivity contribution in [1.29, 1.82) is 0 Å². The SMILES string of the molecule is Cc1cc(N)ncc1C(C)C. The predicted molar refractivity (Wildman–Crippen MR) is 47.5 cm³/mol. The molecule has 1 aromatic rings. The maximum absolute atomic E-state index is 5.52. The third kappa shape index (κ3) is 1.70. The van der Waals surface area contributed by atoms with E-state index in [-0.39, 0.29) is 0 Å². The number of nitrogens with two attached hydrogens (primary N) is 1. The third-order valence-electron chi connectivity index (χ3n) is 1.79. The summed E-state index contributed by atoms with van der Waals surface area (Å²) in [5.74, 6) is 1.13. The number of hydrogen-bond acceptors (Lipinski definition) is 2. The van der Waals surface area contributed by atoms with Gasteiger partial charge in [-0.05, 0) is 30.0 Å². The zero-order valence-corrected chi connectivity index (χ0v) is 7.26. The Morgan fingerprint density at radius 1 is 1.45 bits per heavy atom. The molecule has 2 N–H and O–H groups in total. The maximum atomic E-state index is 5.52. The number of nitrogens with zero attached hydrogens (tertiary/aromatic N) is 1. The molecule has 60 valence electrons. The molecular formula is C9H14N2. The van der Waals surface area contributed by atoms with Gasteiger partial charge in [0.05, 0.1) is 0 Å². The summed E-state index contributed by atoms with van der Waals surface area (Å²) < 4.78 is 0. The minimum atomic E-state index is 0.531. The quantitative estimate of drug-likeness (QED) is 0.665. The van der Waals surface area contributed by atoms with Gasteiger partial charge >= 0.3 is 0 Å². The van der Waals surface area contributed by atoms with E-state index in [0.717, 1.165) is 0 Å². The predicted octanol–water partition coefficient (Wildman–Crippen LogP) is 2.10. The molecule has 1 heterocycles. The van der Waals surface area contributed by atoms with E-state index in [4.69, 9.17) is 5.73 Å². The van der Waals surface area contributed by atoms with Crippen LogP contribution in [0.3, 0.4) is 0 Å². The largest absolute Gasteiger partial charge is 0.384 e. The highest BCUT2D eigenvalue weighted by molar-refractivity contribution is 5.37. The molecule has 0 fully saturated rings. The van der Waals surface area contributed by atoms with Crippen LogP contribution in [0.4, 0.5) is 5.82 Å². The fraction of sp³-hybridized carbons (Fsp3) is 0.444.